The average molecular weight is 220 g/mol. The Bertz CT molecular complexity index is 183. The SMILES string of the molecule is COC(C)CCC(OC(C)=O)C(O)CO. The molecule has 0 heterocycles. The molecule has 5 heteroatoms. The minimum atomic E-state index is -1.03. The van der Waals surface area contributed by atoms with Gasteiger partial charge in [0.15, 0.2) is 0 Å². The van der Waals surface area contributed by atoms with Crippen molar-refractivity contribution in [3.05, 3.63) is 0 Å². The van der Waals surface area contributed by atoms with Gasteiger partial charge in [-0.15, -0.1) is 0 Å². The highest BCUT2D eigenvalue weighted by Gasteiger charge is 2.21. The lowest BCUT2D eigenvalue weighted by molar-refractivity contribution is -0.154. The zero-order chi connectivity index (χ0) is 11.8. The minimum absolute atomic E-state index is 0.0361. The van der Waals surface area contributed by atoms with Crippen molar-refractivity contribution in [1.82, 2.24) is 0 Å². The van der Waals surface area contributed by atoms with E-state index >= 15 is 0 Å². The molecule has 2 N–H and O–H groups in total. The van der Waals surface area contributed by atoms with Crippen LogP contribution in [0.3, 0.4) is 0 Å². The van der Waals surface area contributed by atoms with Crippen LogP contribution in [0.5, 0.6) is 0 Å². The lowest BCUT2D eigenvalue weighted by Gasteiger charge is -2.22. The van der Waals surface area contributed by atoms with Gasteiger partial charge in [-0.1, -0.05) is 0 Å². The van der Waals surface area contributed by atoms with Crippen LogP contribution >= 0.6 is 0 Å². The van der Waals surface area contributed by atoms with Gasteiger partial charge in [-0.2, -0.15) is 0 Å². The van der Waals surface area contributed by atoms with E-state index in [1.54, 1.807) is 7.11 Å². The smallest absolute Gasteiger partial charge is 0.302 e. The third-order valence-corrected chi connectivity index (χ3v) is 2.19. The van der Waals surface area contributed by atoms with Gasteiger partial charge in [0.25, 0.3) is 0 Å². The first-order valence-electron chi connectivity index (χ1n) is 5.00. The molecule has 0 fully saturated rings. The van der Waals surface area contributed by atoms with E-state index < -0.39 is 24.8 Å². The molecule has 0 saturated carbocycles. The molecule has 0 amide bonds. The lowest BCUT2D eigenvalue weighted by Crippen LogP contribution is -2.34. The number of aliphatic hydroxyl groups is 2. The van der Waals surface area contributed by atoms with E-state index in [2.05, 4.69) is 0 Å². The highest BCUT2D eigenvalue weighted by atomic mass is 16.6. The third-order valence-electron chi connectivity index (χ3n) is 2.19. The summed E-state index contributed by atoms with van der Waals surface area (Å²) in [5.41, 5.74) is 0. The molecule has 90 valence electrons. The Balaban J connectivity index is 4.06. The largest absolute Gasteiger partial charge is 0.460 e. The van der Waals surface area contributed by atoms with Crippen molar-refractivity contribution in [2.75, 3.05) is 13.7 Å². The summed E-state index contributed by atoms with van der Waals surface area (Å²) in [4.78, 5) is 10.7. The topological polar surface area (TPSA) is 76.0 Å². The molecule has 0 aromatic heterocycles. The summed E-state index contributed by atoms with van der Waals surface area (Å²) in [7, 11) is 1.59. The summed E-state index contributed by atoms with van der Waals surface area (Å²) in [6.07, 6.45) is -0.529. The van der Waals surface area contributed by atoms with E-state index in [1.165, 1.54) is 6.92 Å². The molecule has 5 nitrogen and oxygen atoms in total. The van der Waals surface area contributed by atoms with Crippen molar-refractivity contribution < 1.29 is 24.5 Å². The summed E-state index contributed by atoms with van der Waals surface area (Å²) >= 11 is 0. The van der Waals surface area contributed by atoms with E-state index in [4.69, 9.17) is 14.6 Å². The standard InChI is InChI=1S/C10H20O5/c1-7(14-3)4-5-10(9(13)6-11)15-8(2)12/h7,9-11,13H,4-6H2,1-3H3. The maximum Gasteiger partial charge on any atom is 0.302 e. The van der Waals surface area contributed by atoms with Crippen LogP contribution in [0.4, 0.5) is 0 Å². The highest BCUT2D eigenvalue weighted by Crippen LogP contribution is 2.11. The predicted molar refractivity (Wildman–Crippen MR) is 54.4 cm³/mol. The summed E-state index contributed by atoms with van der Waals surface area (Å²) < 4.78 is 9.93. The Kier molecular flexibility index (Phi) is 7.29. The second-order valence-electron chi connectivity index (χ2n) is 3.52. The number of hydrogen-bond donors (Lipinski definition) is 2. The second-order valence-corrected chi connectivity index (χ2v) is 3.52. The van der Waals surface area contributed by atoms with E-state index in [0.29, 0.717) is 12.8 Å². The number of esters is 1. The second kappa shape index (κ2) is 7.62. The van der Waals surface area contributed by atoms with Gasteiger partial charge in [0.1, 0.15) is 12.2 Å². The van der Waals surface area contributed by atoms with Crippen LogP contribution in [-0.4, -0.2) is 48.2 Å². The average Bonchev–Trinajstić information content (AvgIpc) is 2.21. The van der Waals surface area contributed by atoms with Gasteiger partial charge in [-0.05, 0) is 19.8 Å². The van der Waals surface area contributed by atoms with Gasteiger partial charge >= 0.3 is 5.97 Å². The molecule has 0 bridgehead atoms. The summed E-state index contributed by atoms with van der Waals surface area (Å²) in [6.45, 7) is 2.74. The zero-order valence-corrected chi connectivity index (χ0v) is 9.47. The maximum atomic E-state index is 10.7. The van der Waals surface area contributed by atoms with Crippen molar-refractivity contribution in [2.45, 2.75) is 45.0 Å². The lowest BCUT2D eigenvalue weighted by atomic mass is 10.1. The number of carbonyl (C=O) groups is 1. The first-order chi connectivity index (χ1) is 7.01. The number of ether oxygens (including phenoxy) is 2. The molecule has 15 heavy (non-hydrogen) atoms. The fraction of sp³-hybridized carbons (Fsp3) is 0.900. The fourth-order valence-corrected chi connectivity index (χ4v) is 1.18. The first kappa shape index (κ1) is 14.3. The van der Waals surface area contributed by atoms with E-state index in [1.807, 2.05) is 6.92 Å². The number of hydrogen-bond acceptors (Lipinski definition) is 5. The Morgan fingerprint density at radius 1 is 1.40 bits per heavy atom. The summed E-state index contributed by atoms with van der Waals surface area (Å²) in [5, 5.41) is 18.2. The van der Waals surface area contributed by atoms with Crippen molar-refractivity contribution in [2.24, 2.45) is 0 Å². The van der Waals surface area contributed by atoms with Crippen molar-refractivity contribution in [1.29, 1.82) is 0 Å². The maximum absolute atomic E-state index is 10.7. The molecule has 3 atom stereocenters. The molecule has 0 aliphatic rings. The monoisotopic (exact) mass is 220 g/mol. The van der Waals surface area contributed by atoms with E-state index in [-0.39, 0.29) is 6.10 Å². The molecule has 0 aromatic carbocycles. The van der Waals surface area contributed by atoms with Gasteiger partial charge in [0.05, 0.1) is 12.7 Å². The molecule has 0 aliphatic carbocycles. The van der Waals surface area contributed by atoms with Gasteiger partial charge < -0.3 is 19.7 Å². The van der Waals surface area contributed by atoms with Gasteiger partial charge in [0, 0.05) is 14.0 Å². The van der Waals surface area contributed by atoms with Crippen LogP contribution in [0.15, 0.2) is 0 Å². The molecule has 3 unspecified atom stereocenters. The van der Waals surface area contributed by atoms with Crippen molar-refractivity contribution in [3.63, 3.8) is 0 Å². The van der Waals surface area contributed by atoms with Crippen molar-refractivity contribution in [3.8, 4) is 0 Å². The molecule has 0 rings (SSSR count). The van der Waals surface area contributed by atoms with Crippen LogP contribution in [0.2, 0.25) is 0 Å². The molecule has 0 radical (unpaired) electrons. The molecule has 0 saturated heterocycles. The van der Waals surface area contributed by atoms with Crippen LogP contribution in [0, 0.1) is 0 Å². The summed E-state index contributed by atoms with van der Waals surface area (Å²) in [6, 6.07) is 0. The number of carbonyl (C=O) groups excluding carboxylic acids is 1. The van der Waals surface area contributed by atoms with Crippen LogP contribution in [0.1, 0.15) is 26.7 Å². The Morgan fingerprint density at radius 2 is 2.00 bits per heavy atom. The van der Waals surface area contributed by atoms with Gasteiger partial charge in [0.2, 0.25) is 0 Å². The number of aliphatic hydroxyl groups excluding tert-OH is 2. The van der Waals surface area contributed by atoms with Crippen LogP contribution in [0.25, 0.3) is 0 Å². The molecule has 0 aromatic rings. The quantitative estimate of drug-likeness (QED) is 0.594. The van der Waals surface area contributed by atoms with Crippen molar-refractivity contribution >= 4 is 5.97 Å². The summed E-state index contributed by atoms with van der Waals surface area (Å²) in [5.74, 6) is -0.461. The van der Waals surface area contributed by atoms with E-state index in [9.17, 15) is 9.90 Å². The Hall–Kier alpha value is -0.650. The fourth-order valence-electron chi connectivity index (χ4n) is 1.18. The molecule has 0 aliphatic heterocycles. The first-order valence-corrected chi connectivity index (χ1v) is 5.00. The van der Waals surface area contributed by atoms with E-state index in [0.717, 1.165) is 0 Å². The minimum Gasteiger partial charge on any atom is -0.460 e. The van der Waals surface area contributed by atoms with Crippen LogP contribution < -0.4 is 0 Å². The zero-order valence-electron chi connectivity index (χ0n) is 9.47. The third kappa shape index (κ3) is 6.43. The molecular formula is C10H20O5. The predicted octanol–water partition coefficient (Wildman–Crippen LogP) is 0.0864. The number of rotatable bonds is 7. The molecular weight excluding hydrogens is 200 g/mol. The number of methoxy groups -OCH3 is 1. The highest BCUT2D eigenvalue weighted by molar-refractivity contribution is 5.66. The Labute approximate surface area is 90.0 Å². The Morgan fingerprint density at radius 3 is 2.40 bits per heavy atom. The van der Waals surface area contributed by atoms with Crippen LogP contribution in [-0.2, 0) is 14.3 Å². The molecule has 0 spiro atoms. The normalized spacial score (nSPS) is 16.9. The van der Waals surface area contributed by atoms with Gasteiger partial charge in [-0.25, -0.2) is 0 Å². The van der Waals surface area contributed by atoms with Gasteiger partial charge in [-0.3, -0.25) is 4.79 Å².